The average molecular weight is 337 g/mol. The van der Waals surface area contributed by atoms with E-state index in [9.17, 15) is 4.39 Å². The molecule has 128 valence electrons. The second-order valence-corrected chi connectivity index (χ2v) is 5.96. The molecule has 0 atom stereocenters. The second-order valence-electron chi connectivity index (χ2n) is 5.96. The molecule has 3 aromatic rings. The number of benzene rings is 2. The third-order valence-electron chi connectivity index (χ3n) is 4.06. The molecule has 0 fully saturated rings. The molecule has 0 aliphatic carbocycles. The Morgan fingerprint density at radius 1 is 1.04 bits per heavy atom. The second kappa shape index (κ2) is 7.30. The molecule has 1 heterocycles. The van der Waals surface area contributed by atoms with Crippen molar-refractivity contribution in [2.75, 3.05) is 5.32 Å². The van der Waals surface area contributed by atoms with E-state index in [0.29, 0.717) is 6.61 Å². The zero-order chi connectivity index (χ0) is 17.8. The highest BCUT2D eigenvalue weighted by molar-refractivity contribution is 5.61. The van der Waals surface area contributed by atoms with Gasteiger partial charge in [-0.15, -0.1) is 0 Å². The third-order valence-corrected chi connectivity index (χ3v) is 4.06. The summed E-state index contributed by atoms with van der Waals surface area (Å²) in [6.07, 6.45) is 1.55. The highest BCUT2D eigenvalue weighted by Crippen LogP contribution is 2.26. The van der Waals surface area contributed by atoms with Crippen molar-refractivity contribution in [1.82, 2.24) is 9.97 Å². The van der Waals surface area contributed by atoms with Crippen LogP contribution in [0.4, 0.5) is 15.9 Å². The predicted octanol–water partition coefficient (Wildman–Crippen LogP) is 4.86. The van der Waals surface area contributed by atoms with Crippen LogP contribution < -0.4 is 10.1 Å². The standard InChI is InChI=1S/C20H20FN3O/c1-13-9-18(24-20-14(2)15(3)22-12-23-20)7-8-19(13)25-11-16-5-4-6-17(21)10-16/h4-10,12H,11H2,1-3H3,(H,22,23,24). The van der Waals surface area contributed by atoms with E-state index in [2.05, 4.69) is 15.3 Å². The molecular formula is C20H20FN3O. The Labute approximate surface area is 146 Å². The van der Waals surface area contributed by atoms with Crippen LogP contribution in [0.25, 0.3) is 0 Å². The quantitative estimate of drug-likeness (QED) is 0.722. The number of rotatable bonds is 5. The molecule has 0 saturated carbocycles. The van der Waals surface area contributed by atoms with E-state index in [1.165, 1.54) is 12.1 Å². The molecule has 0 bridgehead atoms. The van der Waals surface area contributed by atoms with Gasteiger partial charge in [0.2, 0.25) is 0 Å². The molecule has 0 unspecified atom stereocenters. The lowest BCUT2D eigenvalue weighted by atomic mass is 10.2. The maximum Gasteiger partial charge on any atom is 0.136 e. The van der Waals surface area contributed by atoms with E-state index >= 15 is 0 Å². The molecule has 3 rings (SSSR count). The van der Waals surface area contributed by atoms with E-state index in [1.807, 2.05) is 45.0 Å². The third kappa shape index (κ3) is 4.12. The van der Waals surface area contributed by atoms with Crippen LogP contribution in [0.2, 0.25) is 0 Å². The van der Waals surface area contributed by atoms with Crippen molar-refractivity contribution in [3.05, 3.63) is 77.0 Å². The van der Waals surface area contributed by atoms with Gasteiger partial charge in [-0.1, -0.05) is 12.1 Å². The maximum atomic E-state index is 13.2. The van der Waals surface area contributed by atoms with Crippen LogP contribution in [0.3, 0.4) is 0 Å². The number of nitrogens with zero attached hydrogens (tertiary/aromatic N) is 2. The highest BCUT2D eigenvalue weighted by Gasteiger charge is 2.06. The largest absolute Gasteiger partial charge is 0.489 e. The minimum absolute atomic E-state index is 0.257. The van der Waals surface area contributed by atoms with Crippen molar-refractivity contribution < 1.29 is 9.13 Å². The van der Waals surface area contributed by atoms with Crippen LogP contribution >= 0.6 is 0 Å². The lowest BCUT2D eigenvalue weighted by molar-refractivity contribution is 0.303. The molecule has 0 saturated heterocycles. The molecule has 0 radical (unpaired) electrons. The molecule has 0 aliphatic rings. The molecule has 1 N–H and O–H groups in total. The normalized spacial score (nSPS) is 10.6. The van der Waals surface area contributed by atoms with E-state index in [-0.39, 0.29) is 5.82 Å². The Morgan fingerprint density at radius 2 is 1.88 bits per heavy atom. The van der Waals surface area contributed by atoms with Crippen molar-refractivity contribution in [2.45, 2.75) is 27.4 Å². The minimum atomic E-state index is -0.257. The van der Waals surface area contributed by atoms with Crippen molar-refractivity contribution in [3.8, 4) is 5.75 Å². The SMILES string of the molecule is Cc1cc(Nc2ncnc(C)c2C)ccc1OCc1cccc(F)c1. The number of nitrogens with one attached hydrogen (secondary N) is 1. The molecule has 2 aromatic carbocycles. The summed E-state index contributed by atoms with van der Waals surface area (Å²) in [5.41, 5.74) is 4.69. The smallest absolute Gasteiger partial charge is 0.136 e. The van der Waals surface area contributed by atoms with Gasteiger partial charge in [0.05, 0.1) is 0 Å². The Bertz CT molecular complexity index is 896. The van der Waals surface area contributed by atoms with Gasteiger partial charge in [0.25, 0.3) is 0 Å². The number of hydrogen-bond donors (Lipinski definition) is 1. The summed E-state index contributed by atoms with van der Waals surface area (Å²) in [6, 6.07) is 12.3. The Hall–Kier alpha value is -2.95. The van der Waals surface area contributed by atoms with Crippen molar-refractivity contribution in [3.63, 3.8) is 0 Å². The summed E-state index contributed by atoms with van der Waals surface area (Å²) in [4.78, 5) is 8.46. The monoisotopic (exact) mass is 337 g/mol. The molecule has 5 heteroatoms. The highest BCUT2D eigenvalue weighted by atomic mass is 19.1. The lowest BCUT2D eigenvalue weighted by Gasteiger charge is -2.13. The van der Waals surface area contributed by atoms with Crippen LogP contribution in [0.15, 0.2) is 48.8 Å². The van der Waals surface area contributed by atoms with Gasteiger partial charge in [0, 0.05) is 16.9 Å². The van der Waals surface area contributed by atoms with Gasteiger partial charge < -0.3 is 10.1 Å². The van der Waals surface area contributed by atoms with Crippen LogP contribution in [0.5, 0.6) is 5.75 Å². The zero-order valence-corrected chi connectivity index (χ0v) is 14.5. The first kappa shape index (κ1) is 16.9. The van der Waals surface area contributed by atoms with Gasteiger partial charge in [0.15, 0.2) is 0 Å². The fraction of sp³-hybridized carbons (Fsp3) is 0.200. The van der Waals surface area contributed by atoms with Gasteiger partial charge in [0.1, 0.15) is 30.3 Å². The van der Waals surface area contributed by atoms with E-state index < -0.39 is 0 Å². The summed E-state index contributed by atoms with van der Waals surface area (Å²) >= 11 is 0. The maximum absolute atomic E-state index is 13.2. The van der Waals surface area contributed by atoms with Crippen LogP contribution in [-0.4, -0.2) is 9.97 Å². The number of hydrogen-bond acceptors (Lipinski definition) is 4. The van der Waals surface area contributed by atoms with Crippen LogP contribution in [0.1, 0.15) is 22.4 Å². The zero-order valence-electron chi connectivity index (χ0n) is 14.5. The fourth-order valence-electron chi connectivity index (χ4n) is 2.48. The summed E-state index contributed by atoms with van der Waals surface area (Å²) in [5, 5.41) is 3.31. The Balaban J connectivity index is 1.71. The first-order valence-corrected chi connectivity index (χ1v) is 8.06. The minimum Gasteiger partial charge on any atom is -0.489 e. The Morgan fingerprint density at radius 3 is 2.64 bits per heavy atom. The van der Waals surface area contributed by atoms with E-state index in [4.69, 9.17) is 4.74 Å². The van der Waals surface area contributed by atoms with E-state index in [0.717, 1.165) is 39.6 Å². The summed E-state index contributed by atoms with van der Waals surface area (Å²) in [6.45, 7) is 6.25. The molecule has 0 spiro atoms. The van der Waals surface area contributed by atoms with E-state index in [1.54, 1.807) is 12.4 Å². The number of aromatic nitrogens is 2. The fourth-order valence-corrected chi connectivity index (χ4v) is 2.48. The topological polar surface area (TPSA) is 47.0 Å². The number of aryl methyl sites for hydroxylation is 2. The molecule has 4 nitrogen and oxygen atoms in total. The van der Waals surface area contributed by atoms with Crippen molar-refractivity contribution in [1.29, 1.82) is 0 Å². The average Bonchev–Trinajstić information content (AvgIpc) is 2.58. The van der Waals surface area contributed by atoms with Crippen molar-refractivity contribution in [2.24, 2.45) is 0 Å². The first-order valence-electron chi connectivity index (χ1n) is 8.06. The number of ether oxygens (including phenoxy) is 1. The van der Waals surface area contributed by atoms with Gasteiger partial charge in [-0.25, -0.2) is 14.4 Å². The van der Waals surface area contributed by atoms with Gasteiger partial charge in [-0.05, 0) is 62.2 Å². The first-order chi connectivity index (χ1) is 12.0. The van der Waals surface area contributed by atoms with Crippen LogP contribution in [-0.2, 0) is 6.61 Å². The molecular weight excluding hydrogens is 317 g/mol. The van der Waals surface area contributed by atoms with Gasteiger partial charge in [-0.2, -0.15) is 0 Å². The van der Waals surface area contributed by atoms with Gasteiger partial charge in [-0.3, -0.25) is 0 Å². The summed E-state index contributed by atoms with van der Waals surface area (Å²) in [5.74, 6) is 1.30. The van der Waals surface area contributed by atoms with Crippen molar-refractivity contribution >= 4 is 11.5 Å². The summed E-state index contributed by atoms with van der Waals surface area (Å²) in [7, 11) is 0. The Kier molecular flexibility index (Phi) is 4.93. The predicted molar refractivity (Wildman–Crippen MR) is 96.7 cm³/mol. The van der Waals surface area contributed by atoms with Gasteiger partial charge >= 0.3 is 0 Å². The lowest BCUT2D eigenvalue weighted by Crippen LogP contribution is -2.01. The number of anilines is 2. The molecule has 0 aliphatic heterocycles. The molecule has 1 aromatic heterocycles. The molecule has 25 heavy (non-hydrogen) atoms. The van der Waals surface area contributed by atoms with Crippen LogP contribution in [0, 0.1) is 26.6 Å². The summed E-state index contributed by atoms with van der Waals surface area (Å²) < 4.78 is 19.0. The number of halogens is 1. The molecule has 0 amide bonds.